The lowest BCUT2D eigenvalue weighted by Crippen LogP contribution is -2.37. The van der Waals surface area contributed by atoms with Crippen LogP contribution in [-0.2, 0) is 0 Å². The number of aliphatic hydroxyl groups is 1. The van der Waals surface area contributed by atoms with Gasteiger partial charge in [-0.1, -0.05) is 37.0 Å². The minimum atomic E-state index is -0.586. The Morgan fingerprint density at radius 1 is 1.29 bits per heavy atom. The van der Waals surface area contributed by atoms with Gasteiger partial charge in [-0.25, -0.2) is 0 Å². The van der Waals surface area contributed by atoms with Crippen molar-refractivity contribution in [2.75, 3.05) is 39.3 Å². The molecule has 0 heterocycles. The predicted octanol–water partition coefficient (Wildman–Crippen LogP) is 2.66. The summed E-state index contributed by atoms with van der Waals surface area (Å²) in [7, 11) is 0. The third-order valence-electron chi connectivity index (χ3n) is 3.20. The Hall–Kier alpha value is -0.520. The van der Waals surface area contributed by atoms with Crippen LogP contribution in [-0.4, -0.2) is 55.4 Å². The van der Waals surface area contributed by atoms with Gasteiger partial charge in [0.1, 0.15) is 18.5 Å². The molecule has 1 aromatic rings. The number of nitrogens with one attached hydrogen (secondary N) is 1. The summed E-state index contributed by atoms with van der Waals surface area (Å²) in [4.78, 5) is 2.32. The molecule has 2 N–H and O–H groups in total. The van der Waals surface area contributed by atoms with E-state index in [2.05, 4.69) is 24.1 Å². The molecule has 0 radical (unpaired) electrons. The average Bonchev–Trinajstić information content (AvgIpc) is 2.48. The topological polar surface area (TPSA) is 44.7 Å². The molecule has 0 bridgehead atoms. The van der Waals surface area contributed by atoms with Gasteiger partial charge >= 0.3 is 0 Å². The molecular formula is C15H24Cl2N2O2. The molecule has 0 saturated heterocycles. The fourth-order valence-electron chi connectivity index (χ4n) is 1.88. The van der Waals surface area contributed by atoms with Crippen LogP contribution in [0.15, 0.2) is 18.2 Å². The second-order valence-electron chi connectivity index (χ2n) is 4.77. The van der Waals surface area contributed by atoms with E-state index in [0.29, 0.717) is 22.3 Å². The SMILES string of the molecule is CCN(CC)CCNC[C@H](O)COc1cc(Cl)ccc1Cl. The Morgan fingerprint density at radius 2 is 2.00 bits per heavy atom. The number of rotatable bonds is 10. The molecule has 1 aromatic carbocycles. The highest BCUT2D eigenvalue weighted by Gasteiger charge is 2.08. The monoisotopic (exact) mass is 334 g/mol. The molecule has 0 aliphatic carbocycles. The van der Waals surface area contributed by atoms with Crippen LogP contribution in [0.1, 0.15) is 13.8 Å². The highest BCUT2D eigenvalue weighted by molar-refractivity contribution is 6.34. The minimum absolute atomic E-state index is 0.179. The van der Waals surface area contributed by atoms with Crippen LogP contribution in [0.3, 0.4) is 0 Å². The van der Waals surface area contributed by atoms with E-state index in [1.165, 1.54) is 0 Å². The minimum Gasteiger partial charge on any atom is -0.489 e. The quantitative estimate of drug-likeness (QED) is 0.646. The number of benzene rings is 1. The average molecular weight is 335 g/mol. The van der Waals surface area contributed by atoms with Gasteiger partial charge in [0.05, 0.1) is 5.02 Å². The Balaban J connectivity index is 2.22. The summed E-state index contributed by atoms with van der Waals surface area (Å²) in [5.74, 6) is 0.492. The molecule has 0 aliphatic heterocycles. The van der Waals surface area contributed by atoms with E-state index in [-0.39, 0.29) is 6.61 Å². The maximum atomic E-state index is 9.87. The maximum Gasteiger partial charge on any atom is 0.139 e. The first-order valence-electron chi connectivity index (χ1n) is 7.25. The third-order valence-corrected chi connectivity index (χ3v) is 3.75. The van der Waals surface area contributed by atoms with Crippen molar-refractivity contribution >= 4 is 23.2 Å². The van der Waals surface area contributed by atoms with Crippen LogP contribution in [0, 0.1) is 0 Å². The summed E-state index contributed by atoms with van der Waals surface area (Å²) in [6.45, 7) is 8.84. The van der Waals surface area contributed by atoms with E-state index in [1.54, 1.807) is 18.2 Å². The summed E-state index contributed by atoms with van der Waals surface area (Å²) in [6, 6.07) is 5.01. The van der Waals surface area contributed by atoms with Gasteiger partial charge in [-0.2, -0.15) is 0 Å². The zero-order chi connectivity index (χ0) is 15.7. The van der Waals surface area contributed by atoms with Gasteiger partial charge in [-0.05, 0) is 25.2 Å². The highest BCUT2D eigenvalue weighted by atomic mass is 35.5. The van der Waals surface area contributed by atoms with E-state index in [9.17, 15) is 5.11 Å². The fourth-order valence-corrected chi connectivity index (χ4v) is 2.21. The lowest BCUT2D eigenvalue weighted by atomic mass is 10.3. The number of nitrogens with zero attached hydrogens (tertiary/aromatic N) is 1. The Kier molecular flexibility index (Phi) is 9.04. The van der Waals surface area contributed by atoms with Crippen molar-refractivity contribution in [2.45, 2.75) is 20.0 Å². The molecule has 1 atom stereocenters. The molecule has 0 unspecified atom stereocenters. The van der Waals surface area contributed by atoms with E-state index in [0.717, 1.165) is 26.2 Å². The van der Waals surface area contributed by atoms with Crippen LogP contribution in [0.25, 0.3) is 0 Å². The molecule has 0 amide bonds. The first kappa shape index (κ1) is 18.5. The van der Waals surface area contributed by atoms with E-state index < -0.39 is 6.10 Å². The van der Waals surface area contributed by atoms with Crippen LogP contribution in [0.5, 0.6) is 5.75 Å². The van der Waals surface area contributed by atoms with Gasteiger partial charge in [0.2, 0.25) is 0 Å². The number of hydrogen-bond acceptors (Lipinski definition) is 4. The molecule has 4 nitrogen and oxygen atoms in total. The molecule has 6 heteroatoms. The summed E-state index contributed by atoms with van der Waals surface area (Å²) in [6.07, 6.45) is -0.586. The Morgan fingerprint density at radius 3 is 2.67 bits per heavy atom. The smallest absolute Gasteiger partial charge is 0.139 e. The summed E-state index contributed by atoms with van der Waals surface area (Å²) < 4.78 is 5.48. The van der Waals surface area contributed by atoms with Gasteiger partial charge in [0.15, 0.2) is 0 Å². The van der Waals surface area contributed by atoms with Crippen LogP contribution in [0.2, 0.25) is 10.0 Å². The van der Waals surface area contributed by atoms with Gasteiger partial charge in [-0.15, -0.1) is 0 Å². The zero-order valence-electron chi connectivity index (χ0n) is 12.6. The number of ether oxygens (including phenoxy) is 1. The molecule has 120 valence electrons. The van der Waals surface area contributed by atoms with Gasteiger partial charge in [0.25, 0.3) is 0 Å². The van der Waals surface area contributed by atoms with Crippen molar-refractivity contribution in [1.82, 2.24) is 10.2 Å². The Bertz CT molecular complexity index is 415. The van der Waals surface area contributed by atoms with Crippen LogP contribution in [0.4, 0.5) is 0 Å². The normalized spacial score (nSPS) is 12.7. The molecule has 0 fully saturated rings. The van der Waals surface area contributed by atoms with Crippen molar-refractivity contribution in [3.63, 3.8) is 0 Å². The zero-order valence-corrected chi connectivity index (χ0v) is 14.1. The second kappa shape index (κ2) is 10.2. The number of halogens is 2. The maximum absolute atomic E-state index is 9.87. The van der Waals surface area contributed by atoms with Crippen LogP contribution < -0.4 is 10.1 Å². The molecule has 0 aromatic heterocycles. The van der Waals surface area contributed by atoms with E-state index in [1.807, 2.05) is 0 Å². The third kappa shape index (κ3) is 7.34. The first-order valence-corrected chi connectivity index (χ1v) is 8.01. The largest absolute Gasteiger partial charge is 0.489 e. The van der Waals surface area contributed by atoms with Crippen molar-refractivity contribution in [3.8, 4) is 5.75 Å². The van der Waals surface area contributed by atoms with Gasteiger partial charge < -0.3 is 20.1 Å². The molecular weight excluding hydrogens is 311 g/mol. The molecule has 0 aliphatic rings. The number of likely N-dealkylation sites (N-methyl/N-ethyl adjacent to an activating group) is 1. The summed E-state index contributed by atoms with van der Waals surface area (Å²) >= 11 is 11.9. The number of hydrogen-bond donors (Lipinski definition) is 2. The molecule has 0 spiro atoms. The lowest BCUT2D eigenvalue weighted by molar-refractivity contribution is 0.106. The summed E-state index contributed by atoms with van der Waals surface area (Å²) in [5, 5.41) is 14.1. The van der Waals surface area contributed by atoms with Crippen molar-refractivity contribution in [2.24, 2.45) is 0 Å². The van der Waals surface area contributed by atoms with Gasteiger partial charge in [-0.3, -0.25) is 0 Å². The summed E-state index contributed by atoms with van der Waals surface area (Å²) in [5.41, 5.74) is 0. The molecule has 0 saturated carbocycles. The second-order valence-corrected chi connectivity index (χ2v) is 5.61. The Labute approximate surface area is 137 Å². The number of aliphatic hydroxyl groups excluding tert-OH is 1. The predicted molar refractivity (Wildman–Crippen MR) is 88.6 cm³/mol. The van der Waals surface area contributed by atoms with Crippen molar-refractivity contribution in [3.05, 3.63) is 28.2 Å². The lowest BCUT2D eigenvalue weighted by Gasteiger charge is -2.19. The van der Waals surface area contributed by atoms with E-state index in [4.69, 9.17) is 27.9 Å². The molecule has 21 heavy (non-hydrogen) atoms. The first-order chi connectivity index (χ1) is 10.1. The van der Waals surface area contributed by atoms with Crippen molar-refractivity contribution in [1.29, 1.82) is 0 Å². The van der Waals surface area contributed by atoms with Gasteiger partial charge in [0, 0.05) is 30.7 Å². The van der Waals surface area contributed by atoms with E-state index >= 15 is 0 Å². The standard InChI is InChI=1S/C15H24Cl2N2O2/c1-3-19(4-2)8-7-18-10-13(20)11-21-15-9-12(16)5-6-14(15)17/h5-6,9,13,18,20H,3-4,7-8,10-11H2,1-2H3/t13-/m0/s1. The van der Waals surface area contributed by atoms with Crippen molar-refractivity contribution < 1.29 is 9.84 Å². The van der Waals surface area contributed by atoms with Crippen LogP contribution >= 0.6 is 23.2 Å². The molecule has 1 rings (SSSR count). The fraction of sp³-hybridized carbons (Fsp3) is 0.600. The highest BCUT2D eigenvalue weighted by Crippen LogP contribution is 2.27.